The number of likely N-dealkylation sites (tertiary alicyclic amines) is 1. The number of aryl methyl sites for hydroxylation is 1. The van der Waals surface area contributed by atoms with Gasteiger partial charge < -0.3 is 24.7 Å². The van der Waals surface area contributed by atoms with Gasteiger partial charge in [0.1, 0.15) is 23.6 Å². The van der Waals surface area contributed by atoms with Gasteiger partial charge in [-0.05, 0) is 75.8 Å². The van der Waals surface area contributed by atoms with Crippen LogP contribution >= 0.6 is 0 Å². The molecule has 2 heterocycles. The lowest BCUT2D eigenvalue weighted by atomic mass is 9.87. The summed E-state index contributed by atoms with van der Waals surface area (Å²) in [4.78, 5) is 60.3. The maximum absolute atomic E-state index is 13.0. The first-order valence-electron chi connectivity index (χ1n) is 15.9. The predicted molar refractivity (Wildman–Crippen MR) is 165 cm³/mol. The zero-order valence-corrected chi connectivity index (χ0v) is 26.4. The minimum atomic E-state index is -0.583. The molecule has 1 aliphatic heterocycles. The van der Waals surface area contributed by atoms with Gasteiger partial charge >= 0.3 is 6.09 Å². The summed E-state index contributed by atoms with van der Waals surface area (Å²) in [5.41, 5.74) is 1.19. The quantitative estimate of drug-likeness (QED) is 0.305. The molecule has 2 aliphatic rings. The van der Waals surface area contributed by atoms with Gasteiger partial charge in [0.15, 0.2) is 5.78 Å². The van der Waals surface area contributed by atoms with Gasteiger partial charge in [0.2, 0.25) is 5.91 Å². The highest BCUT2D eigenvalue weighted by Crippen LogP contribution is 2.41. The van der Waals surface area contributed by atoms with Crippen molar-refractivity contribution in [1.82, 2.24) is 20.2 Å². The molecule has 4 rings (SSSR count). The highest BCUT2D eigenvalue weighted by Gasteiger charge is 2.43. The van der Waals surface area contributed by atoms with Crippen LogP contribution in [-0.4, -0.2) is 64.5 Å². The molecule has 10 heteroatoms. The van der Waals surface area contributed by atoms with E-state index >= 15 is 0 Å². The number of carbonyl (C=O) groups excluding carboxylic acids is 3. The summed E-state index contributed by atoms with van der Waals surface area (Å²) in [7, 11) is 1.59. The molecule has 2 N–H and O–H groups in total. The van der Waals surface area contributed by atoms with Gasteiger partial charge in [-0.3, -0.25) is 14.4 Å². The number of Topliss-reactive ketones (excluding diaryl/α,β-unsaturated/α-hetero) is 1. The van der Waals surface area contributed by atoms with E-state index in [1.807, 2.05) is 32.9 Å². The SMILES string of the molecule is CCC1CCN(C(=O)CNC(=O)OC2(C)CCC[C@H]2CCCCCc2nc3ccc(OC)cc3[nH]c2=O)C1C(=O)C(C)C. The van der Waals surface area contributed by atoms with Crippen LogP contribution in [0.1, 0.15) is 91.2 Å². The Morgan fingerprint density at radius 2 is 1.98 bits per heavy atom. The fourth-order valence-corrected chi connectivity index (χ4v) is 6.84. The number of rotatable bonds is 13. The normalized spacial score (nSPS) is 23.6. The van der Waals surface area contributed by atoms with Crippen LogP contribution in [-0.2, 0) is 20.7 Å². The van der Waals surface area contributed by atoms with Gasteiger partial charge in [0, 0.05) is 18.5 Å². The third kappa shape index (κ3) is 7.75. The number of nitrogens with one attached hydrogen (secondary N) is 2. The molecule has 2 aromatic rings. The lowest BCUT2D eigenvalue weighted by molar-refractivity contribution is -0.139. The third-order valence-corrected chi connectivity index (χ3v) is 9.46. The van der Waals surface area contributed by atoms with Crippen LogP contribution in [0, 0.1) is 17.8 Å². The predicted octanol–water partition coefficient (Wildman–Crippen LogP) is 5.17. The summed E-state index contributed by atoms with van der Waals surface area (Å²) in [5.74, 6) is 0.781. The molecule has 2 fully saturated rings. The van der Waals surface area contributed by atoms with Gasteiger partial charge in [-0.1, -0.05) is 40.0 Å². The van der Waals surface area contributed by atoms with E-state index in [1.165, 1.54) is 0 Å². The average molecular weight is 597 g/mol. The maximum atomic E-state index is 13.0. The molecular formula is C33H48N4O6. The number of aromatic amines is 1. The summed E-state index contributed by atoms with van der Waals surface area (Å²) < 4.78 is 11.1. The third-order valence-electron chi connectivity index (χ3n) is 9.46. The Balaban J connectivity index is 1.22. The maximum Gasteiger partial charge on any atom is 0.408 e. The second-order valence-corrected chi connectivity index (χ2v) is 12.7. The van der Waals surface area contributed by atoms with Crippen LogP contribution in [0.5, 0.6) is 5.75 Å². The standard InChI is InChI=1S/C33H48N4O6/c1-6-22-16-18-37(29(22)30(39)21(2)3)28(38)20-34-32(41)43-33(4)17-10-12-23(33)11-8-7-9-13-26-31(40)36-27-19-24(42-5)14-15-25(27)35-26/h14-15,19,21-23,29H,6-13,16-18,20H2,1-5H3,(H,34,41)(H,36,40)/t22?,23-,29?,33?/m1/s1. The number of nitrogens with zero attached hydrogens (tertiary/aromatic N) is 2. The molecule has 1 saturated carbocycles. The van der Waals surface area contributed by atoms with Crippen LogP contribution in [0.4, 0.5) is 4.79 Å². The van der Waals surface area contributed by atoms with Gasteiger partial charge in [0.25, 0.3) is 5.56 Å². The van der Waals surface area contributed by atoms with E-state index in [9.17, 15) is 19.2 Å². The van der Waals surface area contributed by atoms with Crippen LogP contribution < -0.4 is 15.6 Å². The average Bonchev–Trinajstić information content (AvgIpc) is 3.58. The van der Waals surface area contributed by atoms with Crippen molar-refractivity contribution in [3.63, 3.8) is 0 Å². The Kier molecular flexibility index (Phi) is 10.8. The molecule has 236 valence electrons. The van der Waals surface area contributed by atoms with E-state index in [1.54, 1.807) is 18.1 Å². The zero-order valence-electron chi connectivity index (χ0n) is 26.4. The molecule has 1 aliphatic carbocycles. The Morgan fingerprint density at radius 1 is 1.19 bits per heavy atom. The number of hydrogen-bond donors (Lipinski definition) is 2. The molecule has 1 saturated heterocycles. The van der Waals surface area contributed by atoms with Gasteiger partial charge in [0.05, 0.1) is 24.2 Å². The van der Waals surface area contributed by atoms with E-state index in [-0.39, 0.29) is 41.5 Å². The van der Waals surface area contributed by atoms with Crippen molar-refractivity contribution in [1.29, 1.82) is 0 Å². The Hall–Kier alpha value is -3.43. The lowest BCUT2D eigenvalue weighted by Gasteiger charge is -2.32. The number of fused-ring (bicyclic) bond motifs is 1. The number of amides is 2. The van der Waals surface area contributed by atoms with Gasteiger partial charge in [-0.2, -0.15) is 0 Å². The highest BCUT2D eigenvalue weighted by molar-refractivity contribution is 5.92. The van der Waals surface area contributed by atoms with Crippen molar-refractivity contribution in [2.45, 2.75) is 104 Å². The molecule has 43 heavy (non-hydrogen) atoms. The molecule has 10 nitrogen and oxygen atoms in total. The van der Waals surface area contributed by atoms with Gasteiger partial charge in [-0.25, -0.2) is 9.78 Å². The first-order valence-corrected chi connectivity index (χ1v) is 15.9. The number of methoxy groups -OCH3 is 1. The fourth-order valence-electron chi connectivity index (χ4n) is 6.84. The number of aromatic nitrogens is 2. The van der Waals surface area contributed by atoms with E-state index in [2.05, 4.69) is 22.2 Å². The van der Waals surface area contributed by atoms with Crippen LogP contribution in [0.25, 0.3) is 11.0 Å². The molecule has 0 bridgehead atoms. The first kappa shape index (κ1) is 32.5. The first-order chi connectivity index (χ1) is 20.6. The van der Waals surface area contributed by atoms with Crippen molar-refractivity contribution < 1.29 is 23.9 Å². The Bertz CT molecular complexity index is 1360. The second kappa shape index (κ2) is 14.4. The van der Waals surface area contributed by atoms with Gasteiger partial charge in [-0.15, -0.1) is 0 Å². The second-order valence-electron chi connectivity index (χ2n) is 12.7. The van der Waals surface area contributed by atoms with E-state index in [0.717, 1.165) is 63.3 Å². The molecule has 1 aromatic heterocycles. The van der Waals surface area contributed by atoms with E-state index < -0.39 is 17.7 Å². The van der Waals surface area contributed by atoms with E-state index in [0.29, 0.717) is 29.9 Å². The smallest absolute Gasteiger partial charge is 0.408 e. The number of carbonyl (C=O) groups is 3. The van der Waals surface area contributed by atoms with Crippen LogP contribution in [0.15, 0.2) is 23.0 Å². The minimum Gasteiger partial charge on any atom is -0.497 e. The summed E-state index contributed by atoms with van der Waals surface area (Å²) >= 11 is 0. The highest BCUT2D eigenvalue weighted by atomic mass is 16.6. The number of benzene rings is 1. The Morgan fingerprint density at radius 3 is 2.70 bits per heavy atom. The van der Waals surface area contributed by atoms with Crippen LogP contribution in [0.2, 0.25) is 0 Å². The van der Waals surface area contributed by atoms with Crippen molar-refractivity contribution in [3.8, 4) is 5.75 Å². The van der Waals surface area contributed by atoms with Crippen molar-refractivity contribution in [3.05, 3.63) is 34.2 Å². The number of alkyl carbamates (subject to hydrolysis) is 1. The summed E-state index contributed by atoms with van der Waals surface area (Å²) in [6, 6.07) is 5.04. The molecule has 4 atom stereocenters. The molecule has 3 unspecified atom stereocenters. The number of ketones is 1. The number of ether oxygens (including phenoxy) is 2. The zero-order chi connectivity index (χ0) is 31.1. The largest absolute Gasteiger partial charge is 0.497 e. The molecular weight excluding hydrogens is 548 g/mol. The number of unbranched alkanes of at least 4 members (excludes halogenated alkanes) is 2. The molecule has 2 amide bonds. The Labute approximate surface area is 254 Å². The summed E-state index contributed by atoms with van der Waals surface area (Å²) in [6.07, 6.45) is 8.11. The van der Waals surface area contributed by atoms with Crippen molar-refractivity contribution in [2.75, 3.05) is 20.2 Å². The topological polar surface area (TPSA) is 131 Å². The van der Waals surface area contributed by atoms with Crippen molar-refractivity contribution >= 4 is 28.8 Å². The lowest BCUT2D eigenvalue weighted by Crippen LogP contribution is -2.49. The van der Waals surface area contributed by atoms with Crippen molar-refractivity contribution in [2.24, 2.45) is 17.8 Å². The minimum absolute atomic E-state index is 0.0861. The molecule has 0 spiro atoms. The van der Waals surface area contributed by atoms with Crippen LogP contribution in [0.3, 0.4) is 0 Å². The summed E-state index contributed by atoms with van der Waals surface area (Å²) in [5, 5.41) is 2.66. The summed E-state index contributed by atoms with van der Waals surface area (Å²) in [6.45, 7) is 8.14. The number of H-pyrrole nitrogens is 1. The fraction of sp³-hybridized carbons (Fsp3) is 0.667. The monoisotopic (exact) mass is 596 g/mol. The van der Waals surface area contributed by atoms with E-state index in [4.69, 9.17) is 9.47 Å². The number of hydrogen-bond acceptors (Lipinski definition) is 7. The molecule has 1 aromatic carbocycles. The molecule has 0 radical (unpaired) electrons.